The number of sulfonamides is 1. The Morgan fingerprint density at radius 2 is 1.93 bits per heavy atom. The Morgan fingerprint density at radius 1 is 1.33 bits per heavy atom. The lowest BCUT2D eigenvalue weighted by molar-refractivity contribution is 0.364. The first-order chi connectivity index (χ1) is 6.97. The molecule has 6 heteroatoms. The second-order valence-corrected chi connectivity index (χ2v) is 4.73. The third kappa shape index (κ3) is 2.76. The molecule has 0 aromatic heterocycles. The number of benzene rings is 1. The quantitative estimate of drug-likeness (QED) is 0.751. The molecule has 0 aliphatic heterocycles. The minimum absolute atomic E-state index is 0.0128. The van der Waals surface area contributed by atoms with Gasteiger partial charge in [-0.3, -0.25) is 0 Å². The third-order valence-corrected chi connectivity index (χ3v) is 3.14. The van der Waals surface area contributed by atoms with Crippen LogP contribution in [0.2, 0.25) is 0 Å². The van der Waals surface area contributed by atoms with E-state index in [0.29, 0.717) is 0 Å². The average molecular weight is 225 g/mol. The van der Waals surface area contributed by atoms with Crippen LogP contribution in [0.15, 0.2) is 29.2 Å². The molecule has 1 aromatic carbocycles. The first-order valence-electron chi connectivity index (χ1n) is 4.16. The molecule has 0 unspecified atom stereocenters. The Bertz CT molecular complexity index is 488. The molecule has 0 aliphatic carbocycles. The predicted octanol–water partition coefficient (Wildman–Crippen LogP) is 0.313. The average Bonchev–Trinajstić information content (AvgIpc) is 2.16. The summed E-state index contributed by atoms with van der Waals surface area (Å²) in [6, 6.07) is 7.89. The highest BCUT2D eigenvalue weighted by atomic mass is 32.2. The Labute approximate surface area is 89.0 Å². The van der Waals surface area contributed by atoms with Gasteiger partial charge in [0.1, 0.15) is 11.0 Å². The summed E-state index contributed by atoms with van der Waals surface area (Å²) in [5.74, 6) is 0. The highest BCUT2D eigenvalue weighted by Crippen LogP contribution is 2.13. The lowest BCUT2D eigenvalue weighted by atomic mass is 10.2. The van der Waals surface area contributed by atoms with E-state index in [1.54, 1.807) is 26.2 Å². The highest BCUT2D eigenvalue weighted by Gasteiger charge is 2.18. The highest BCUT2D eigenvalue weighted by molar-refractivity contribution is 7.89. The van der Waals surface area contributed by atoms with Gasteiger partial charge in [0.05, 0.1) is 5.56 Å². The van der Waals surface area contributed by atoms with Crippen LogP contribution in [0, 0.1) is 11.3 Å². The summed E-state index contributed by atoms with van der Waals surface area (Å²) in [4.78, 5) is 2.25. The fourth-order valence-electron chi connectivity index (χ4n) is 1.08. The largest absolute Gasteiger partial charge is 0.254 e. The first kappa shape index (κ1) is 11.7. The van der Waals surface area contributed by atoms with Crippen molar-refractivity contribution in [3.05, 3.63) is 29.8 Å². The summed E-state index contributed by atoms with van der Waals surface area (Å²) in [5, 5.41) is 10.1. The second kappa shape index (κ2) is 4.40. The molecule has 0 saturated carbocycles. The van der Waals surface area contributed by atoms with Gasteiger partial charge < -0.3 is 0 Å². The van der Waals surface area contributed by atoms with Gasteiger partial charge in [0.25, 0.3) is 10.0 Å². The topological polar surface area (TPSA) is 73.2 Å². The molecule has 1 N–H and O–H groups in total. The number of nitrogens with zero attached hydrogens (tertiary/aromatic N) is 2. The number of rotatable bonds is 3. The van der Waals surface area contributed by atoms with Crippen LogP contribution in [0.1, 0.15) is 5.56 Å². The zero-order valence-electron chi connectivity index (χ0n) is 8.43. The lowest BCUT2D eigenvalue weighted by Crippen LogP contribution is -2.36. The van der Waals surface area contributed by atoms with E-state index in [1.165, 1.54) is 17.1 Å². The van der Waals surface area contributed by atoms with Crippen LogP contribution in [0.4, 0.5) is 0 Å². The van der Waals surface area contributed by atoms with Crippen molar-refractivity contribution in [2.45, 2.75) is 4.90 Å². The number of nitriles is 1. The van der Waals surface area contributed by atoms with Crippen LogP contribution >= 0.6 is 0 Å². The van der Waals surface area contributed by atoms with Gasteiger partial charge in [-0.2, -0.15) is 5.26 Å². The van der Waals surface area contributed by atoms with E-state index in [-0.39, 0.29) is 10.5 Å². The van der Waals surface area contributed by atoms with E-state index in [1.807, 2.05) is 6.07 Å². The molecule has 0 heterocycles. The van der Waals surface area contributed by atoms with E-state index in [4.69, 9.17) is 5.26 Å². The molecular formula is C9H11N3O2S. The van der Waals surface area contributed by atoms with Crippen molar-refractivity contribution in [1.82, 2.24) is 9.84 Å². The minimum atomic E-state index is -3.65. The Hall–Kier alpha value is -1.42. The normalized spacial score (nSPS) is 11.3. The van der Waals surface area contributed by atoms with Crippen molar-refractivity contribution in [1.29, 1.82) is 5.26 Å². The standard InChI is InChI=1S/C9H11N3O2S/c1-12(2)11-15(13,14)9-6-4-3-5-8(9)7-10/h3-6,11H,1-2H3. The van der Waals surface area contributed by atoms with Crippen molar-refractivity contribution in [2.24, 2.45) is 0 Å². The smallest absolute Gasteiger partial charge is 0.237 e. The Morgan fingerprint density at radius 3 is 2.47 bits per heavy atom. The van der Waals surface area contributed by atoms with Crippen molar-refractivity contribution in [2.75, 3.05) is 14.1 Å². The molecule has 0 radical (unpaired) electrons. The molecule has 0 saturated heterocycles. The van der Waals surface area contributed by atoms with Crippen molar-refractivity contribution >= 4 is 10.0 Å². The third-order valence-electron chi connectivity index (χ3n) is 1.60. The van der Waals surface area contributed by atoms with Crippen LogP contribution in [-0.4, -0.2) is 27.5 Å². The van der Waals surface area contributed by atoms with Crippen LogP contribution in [0.5, 0.6) is 0 Å². The molecule has 5 nitrogen and oxygen atoms in total. The molecule has 80 valence electrons. The number of hydrazine groups is 1. The second-order valence-electron chi connectivity index (χ2n) is 3.10. The summed E-state index contributed by atoms with van der Waals surface area (Å²) in [6.07, 6.45) is 0. The summed E-state index contributed by atoms with van der Waals surface area (Å²) in [6.45, 7) is 0. The predicted molar refractivity (Wildman–Crippen MR) is 55.2 cm³/mol. The van der Waals surface area contributed by atoms with E-state index >= 15 is 0 Å². The van der Waals surface area contributed by atoms with Gasteiger partial charge in [-0.1, -0.05) is 12.1 Å². The number of nitrogens with one attached hydrogen (secondary N) is 1. The first-order valence-corrected chi connectivity index (χ1v) is 5.64. The van der Waals surface area contributed by atoms with Gasteiger partial charge in [-0.15, -0.1) is 4.83 Å². The molecule has 0 bridgehead atoms. The molecule has 0 fully saturated rings. The SMILES string of the molecule is CN(C)NS(=O)(=O)c1ccccc1C#N. The van der Waals surface area contributed by atoms with Crippen molar-refractivity contribution in [3.8, 4) is 6.07 Å². The van der Waals surface area contributed by atoms with Crippen molar-refractivity contribution in [3.63, 3.8) is 0 Å². The fourth-order valence-corrected chi connectivity index (χ4v) is 2.32. The molecule has 0 aliphatic rings. The fraction of sp³-hybridized carbons (Fsp3) is 0.222. The monoisotopic (exact) mass is 225 g/mol. The molecular weight excluding hydrogens is 214 g/mol. The Kier molecular flexibility index (Phi) is 3.42. The van der Waals surface area contributed by atoms with Gasteiger partial charge in [0, 0.05) is 14.1 Å². The maximum absolute atomic E-state index is 11.7. The van der Waals surface area contributed by atoms with Crippen LogP contribution in [-0.2, 0) is 10.0 Å². The van der Waals surface area contributed by atoms with E-state index < -0.39 is 10.0 Å². The van der Waals surface area contributed by atoms with Gasteiger partial charge >= 0.3 is 0 Å². The molecule has 1 rings (SSSR count). The van der Waals surface area contributed by atoms with Gasteiger partial charge in [-0.05, 0) is 12.1 Å². The zero-order valence-corrected chi connectivity index (χ0v) is 9.25. The number of hydrogen-bond acceptors (Lipinski definition) is 4. The molecule has 1 aromatic rings. The van der Waals surface area contributed by atoms with Crippen LogP contribution < -0.4 is 4.83 Å². The zero-order chi connectivity index (χ0) is 11.5. The molecule has 0 amide bonds. The van der Waals surface area contributed by atoms with Gasteiger partial charge in [0.15, 0.2) is 0 Å². The lowest BCUT2D eigenvalue weighted by Gasteiger charge is -2.12. The summed E-state index contributed by atoms with van der Waals surface area (Å²) in [5.41, 5.74) is 0.131. The molecule has 0 spiro atoms. The molecule has 0 atom stereocenters. The van der Waals surface area contributed by atoms with E-state index in [9.17, 15) is 8.42 Å². The minimum Gasteiger partial charge on any atom is -0.237 e. The van der Waals surface area contributed by atoms with Crippen molar-refractivity contribution < 1.29 is 8.42 Å². The maximum Gasteiger partial charge on any atom is 0.254 e. The van der Waals surface area contributed by atoms with E-state index in [2.05, 4.69) is 4.83 Å². The van der Waals surface area contributed by atoms with Gasteiger partial charge in [-0.25, -0.2) is 13.4 Å². The van der Waals surface area contributed by atoms with Gasteiger partial charge in [0.2, 0.25) is 0 Å². The maximum atomic E-state index is 11.7. The summed E-state index contributed by atoms with van der Waals surface area (Å²) >= 11 is 0. The molecule has 15 heavy (non-hydrogen) atoms. The Balaban J connectivity index is 3.23. The number of hydrogen-bond donors (Lipinski definition) is 1. The van der Waals surface area contributed by atoms with Crippen LogP contribution in [0.3, 0.4) is 0 Å². The summed E-state index contributed by atoms with van der Waals surface area (Å²) in [7, 11) is -0.525. The van der Waals surface area contributed by atoms with E-state index in [0.717, 1.165) is 0 Å². The summed E-state index contributed by atoms with van der Waals surface area (Å²) < 4.78 is 23.4. The van der Waals surface area contributed by atoms with Crippen LogP contribution in [0.25, 0.3) is 0 Å².